The molecule has 2 rings (SSSR count). The Bertz CT molecular complexity index is 364. The van der Waals surface area contributed by atoms with Crippen molar-refractivity contribution in [3.05, 3.63) is 23.8 Å². The fraction of sp³-hybridized carbons (Fsp3) is 0.667. The minimum Gasteiger partial charge on any atom is -0.299 e. The van der Waals surface area contributed by atoms with Crippen molar-refractivity contribution in [1.29, 1.82) is 0 Å². The first kappa shape index (κ1) is 11.6. The van der Waals surface area contributed by atoms with Gasteiger partial charge in [-0.3, -0.25) is 4.79 Å². The number of hydrogen-bond acceptors (Lipinski definition) is 1. The highest BCUT2D eigenvalue weighted by Gasteiger charge is 2.48. The quantitative estimate of drug-likeness (QED) is 0.642. The Kier molecular flexibility index (Phi) is 2.81. The minimum atomic E-state index is 0.188. The van der Waals surface area contributed by atoms with Gasteiger partial charge in [-0.25, -0.2) is 0 Å². The van der Waals surface area contributed by atoms with Gasteiger partial charge in [-0.1, -0.05) is 37.1 Å². The van der Waals surface area contributed by atoms with E-state index >= 15 is 0 Å². The monoisotopic (exact) mass is 218 g/mol. The molecule has 3 unspecified atom stereocenters. The van der Waals surface area contributed by atoms with Crippen LogP contribution in [-0.2, 0) is 4.79 Å². The highest BCUT2D eigenvalue weighted by atomic mass is 16.1. The van der Waals surface area contributed by atoms with Gasteiger partial charge in [-0.05, 0) is 38.0 Å². The Morgan fingerprint density at radius 1 is 1.62 bits per heavy atom. The van der Waals surface area contributed by atoms with Gasteiger partial charge in [0.1, 0.15) is 5.78 Å². The lowest BCUT2D eigenvalue weighted by Gasteiger charge is -2.49. The maximum Gasteiger partial charge on any atom is 0.140 e. The van der Waals surface area contributed by atoms with Gasteiger partial charge in [-0.2, -0.15) is 0 Å². The number of rotatable bonds is 2. The number of Topliss-reactive ketones (excluding diaryl/α,β-unsaturated/α-hetero) is 1. The molecule has 2 aliphatic carbocycles. The molecule has 1 fully saturated rings. The van der Waals surface area contributed by atoms with Crippen LogP contribution in [0.15, 0.2) is 23.8 Å². The fourth-order valence-electron chi connectivity index (χ4n) is 3.61. The highest BCUT2D eigenvalue weighted by Crippen LogP contribution is 2.55. The lowest BCUT2D eigenvalue weighted by atomic mass is 9.54. The van der Waals surface area contributed by atoms with Gasteiger partial charge in [-0.15, -0.1) is 0 Å². The zero-order valence-electron chi connectivity index (χ0n) is 10.7. The maximum absolute atomic E-state index is 12.1. The van der Waals surface area contributed by atoms with E-state index in [9.17, 15) is 4.79 Å². The van der Waals surface area contributed by atoms with E-state index in [0.717, 1.165) is 25.7 Å². The molecule has 2 aliphatic rings. The standard InChI is InChI=1S/C15H22O/c1-5-12-8-14(16)13-9-15(12,10(2)3)7-6-11(13)4/h6,12-13H,2,5,7-9H2,1,3-4H3. The number of ketones is 1. The molecule has 1 saturated carbocycles. The summed E-state index contributed by atoms with van der Waals surface area (Å²) < 4.78 is 0. The normalized spacial score (nSPS) is 38.2. The number of allylic oxidation sites excluding steroid dienone is 3. The Hall–Kier alpha value is -0.850. The molecule has 0 saturated heterocycles. The van der Waals surface area contributed by atoms with Crippen LogP contribution in [-0.4, -0.2) is 5.78 Å². The van der Waals surface area contributed by atoms with Gasteiger partial charge in [0.15, 0.2) is 0 Å². The van der Waals surface area contributed by atoms with Crippen LogP contribution in [0, 0.1) is 17.3 Å². The smallest absolute Gasteiger partial charge is 0.140 e. The predicted octanol–water partition coefficient (Wildman–Crippen LogP) is 3.90. The molecule has 0 spiro atoms. The molecule has 0 radical (unpaired) electrons. The molecule has 1 heteroatoms. The molecule has 88 valence electrons. The van der Waals surface area contributed by atoms with Crippen molar-refractivity contribution in [3.8, 4) is 0 Å². The Balaban J connectivity index is 2.43. The maximum atomic E-state index is 12.1. The fourth-order valence-corrected chi connectivity index (χ4v) is 3.61. The molecule has 0 aromatic rings. The Morgan fingerprint density at radius 2 is 2.31 bits per heavy atom. The van der Waals surface area contributed by atoms with Gasteiger partial charge in [0.25, 0.3) is 0 Å². The van der Waals surface area contributed by atoms with Crippen molar-refractivity contribution >= 4 is 5.78 Å². The summed E-state index contributed by atoms with van der Waals surface area (Å²) >= 11 is 0. The molecule has 0 N–H and O–H groups in total. The first-order valence-corrected chi connectivity index (χ1v) is 6.36. The van der Waals surface area contributed by atoms with Crippen LogP contribution in [0.25, 0.3) is 0 Å². The molecule has 0 aromatic carbocycles. The summed E-state index contributed by atoms with van der Waals surface area (Å²) in [5.41, 5.74) is 2.78. The van der Waals surface area contributed by atoms with Crippen molar-refractivity contribution in [2.45, 2.75) is 46.5 Å². The molecule has 3 atom stereocenters. The SMILES string of the molecule is C=C(C)C12CC=C(C)C(C1)C(=O)CC2CC. The second-order valence-corrected chi connectivity index (χ2v) is 5.62. The summed E-state index contributed by atoms with van der Waals surface area (Å²) in [6, 6.07) is 0. The molecule has 0 aromatic heterocycles. The zero-order valence-corrected chi connectivity index (χ0v) is 10.7. The van der Waals surface area contributed by atoms with Crippen LogP contribution in [0.1, 0.15) is 46.5 Å². The van der Waals surface area contributed by atoms with Crippen LogP contribution >= 0.6 is 0 Å². The number of carbonyl (C=O) groups excluding carboxylic acids is 1. The van der Waals surface area contributed by atoms with Gasteiger partial charge in [0, 0.05) is 12.3 Å². The molecular formula is C15H22O. The third kappa shape index (κ3) is 1.49. The van der Waals surface area contributed by atoms with Crippen LogP contribution in [0.5, 0.6) is 0 Å². The molecule has 0 aliphatic heterocycles. The summed E-state index contributed by atoms with van der Waals surface area (Å²) in [4.78, 5) is 12.1. The van der Waals surface area contributed by atoms with Gasteiger partial charge in [0.05, 0.1) is 0 Å². The van der Waals surface area contributed by atoms with Crippen molar-refractivity contribution in [2.24, 2.45) is 17.3 Å². The van der Waals surface area contributed by atoms with E-state index in [1.807, 2.05) is 0 Å². The first-order chi connectivity index (χ1) is 7.51. The van der Waals surface area contributed by atoms with Gasteiger partial charge >= 0.3 is 0 Å². The average molecular weight is 218 g/mol. The van der Waals surface area contributed by atoms with Crippen LogP contribution in [0.4, 0.5) is 0 Å². The second kappa shape index (κ2) is 3.87. The van der Waals surface area contributed by atoms with Crippen molar-refractivity contribution in [1.82, 2.24) is 0 Å². The summed E-state index contributed by atoms with van der Waals surface area (Å²) in [5, 5.41) is 0. The summed E-state index contributed by atoms with van der Waals surface area (Å²) in [6.07, 6.45) is 6.25. The molecule has 0 amide bonds. The second-order valence-electron chi connectivity index (χ2n) is 5.62. The van der Waals surface area contributed by atoms with Crippen molar-refractivity contribution < 1.29 is 4.79 Å². The lowest BCUT2D eigenvalue weighted by molar-refractivity contribution is -0.128. The highest BCUT2D eigenvalue weighted by molar-refractivity contribution is 5.85. The average Bonchev–Trinajstić information content (AvgIpc) is 2.26. The molecular weight excluding hydrogens is 196 g/mol. The largest absolute Gasteiger partial charge is 0.299 e. The summed E-state index contributed by atoms with van der Waals surface area (Å²) in [7, 11) is 0. The Labute approximate surface area is 98.6 Å². The van der Waals surface area contributed by atoms with Crippen LogP contribution in [0.3, 0.4) is 0 Å². The summed E-state index contributed by atoms with van der Waals surface area (Å²) in [5.74, 6) is 1.16. The predicted molar refractivity (Wildman–Crippen MR) is 67.1 cm³/mol. The van der Waals surface area contributed by atoms with Gasteiger partial charge in [0.2, 0.25) is 0 Å². The van der Waals surface area contributed by atoms with Crippen LogP contribution < -0.4 is 0 Å². The molecule has 16 heavy (non-hydrogen) atoms. The Morgan fingerprint density at radius 3 is 2.88 bits per heavy atom. The zero-order chi connectivity index (χ0) is 11.9. The minimum absolute atomic E-state index is 0.188. The first-order valence-electron chi connectivity index (χ1n) is 6.36. The summed E-state index contributed by atoms with van der Waals surface area (Å²) in [6.45, 7) is 10.7. The van der Waals surface area contributed by atoms with Crippen LogP contribution in [0.2, 0.25) is 0 Å². The number of hydrogen-bond donors (Lipinski definition) is 0. The third-order valence-corrected chi connectivity index (χ3v) is 4.87. The third-order valence-electron chi connectivity index (χ3n) is 4.87. The van der Waals surface area contributed by atoms with E-state index < -0.39 is 0 Å². The topological polar surface area (TPSA) is 17.1 Å². The molecule has 2 bridgehead atoms. The van der Waals surface area contributed by atoms with E-state index in [0.29, 0.717) is 11.7 Å². The molecule has 1 nitrogen and oxygen atoms in total. The van der Waals surface area contributed by atoms with Crippen molar-refractivity contribution in [2.75, 3.05) is 0 Å². The number of carbonyl (C=O) groups is 1. The van der Waals surface area contributed by atoms with E-state index in [1.54, 1.807) is 0 Å². The van der Waals surface area contributed by atoms with Gasteiger partial charge < -0.3 is 0 Å². The lowest BCUT2D eigenvalue weighted by Crippen LogP contribution is -2.44. The molecule has 0 heterocycles. The van der Waals surface area contributed by atoms with E-state index in [-0.39, 0.29) is 11.3 Å². The van der Waals surface area contributed by atoms with E-state index in [4.69, 9.17) is 0 Å². The van der Waals surface area contributed by atoms with E-state index in [1.165, 1.54) is 11.1 Å². The van der Waals surface area contributed by atoms with E-state index in [2.05, 4.69) is 33.4 Å². The number of fused-ring (bicyclic) bond motifs is 2. The van der Waals surface area contributed by atoms with Crippen molar-refractivity contribution in [3.63, 3.8) is 0 Å².